The molecule has 0 saturated carbocycles. The standard InChI is InChI=1S/C18H17N3O3/c22-17-11-10-16(20-21-17)18(23)19-14-6-8-15(9-7-14)24-12-13-4-2-1-3-5-13/h1-9H,10-12H2,(H,19,23)(H,21,22). The summed E-state index contributed by atoms with van der Waals surface area (Å²) in [5.41, 5.74) is 4.36. The number of benzene rings is 2. The number of hydrogen-bond acceptors (Lipinski definition) is 4. The van der Waals surface area contributed by atoms with Crippen molar-refractivity contribution in [1.82, 2.24) is 5.43 Å². The maximum atomic E-state index is 12.0. The van der Waals surface area contributed by atoms with E-state index >= 15 is 0 Å². The molecular weight excluding hydrogens is 306 g/mol. The van der Waals surface area contributed by atoms with E-state index in [1.807, 2.05) is 30.3 Å². The van der Waals surface area contributed by atoms with Crippen LogP contribution in [0.4, 0.5) is 5.69 Å². The molecule has 6 heteroatoms. The second-order valence-electron chi connectivity index (χ2n) is 5.35. The number of rotatable bonds is 5. The lowest BCUT2D eigenvalue weighted by molar-refractivity contribution is -0.121. The van der Waals surface area contributed by atoms with E-state index in [0.717, 1.165) is 11.3 Å². The van der Waals surface area contributed by atoms with Crippen molar-refractivity contribution in [2.75, 3.05) is 5.32 Å². The van der Waals surface area contributed by atoms with E-state index in [0.29, 0.717) is 24.4 Å². The number of carbonyl (C=O) groups is 2. The monoisotopic (exact) mass is 323 g/mol. The van der Waals surface area contributed by atoms with Crippen LogP contribution in [-0.4, -0.2) is 17.5 Å². The van der Waals surface area contributed by atoms with Gasteiger partial charge in [0.05, 0.1) is 0 Å². The van der Waals surface area contributed by atoms with Gasteiger partial charge in [-0.2, -0.15) is 5.10 Å². The minimum Gasteiger partial charge on any atom is -0.489 e. The summed E-state index contributed by atoms with van der Waals surface area (Å²) in [5, 5.41) is 6.52. The zero-order valence-electron chi connectivity index (χ0n) is 13.0. The van der Waals surface area contributed by atoms with Crippen molar-refractivity contribution in [2.45, 2.75) is 19.4 Å². The van der Waals surface area contributed by atoms with E-state index in [1.54, 1.807) is 24.3 Å². The van der Waals surface area contributed by atoms with Crippen molar-refractivity contribution in [3.63, 3.8) is 0 Å². The first kappa shape index (κ1) is 15.7. The Hall–Kier alpha value is -3.15. The van der Waals surface area contributed by atoms with Gasteiger partial charge in [0.15, 0.2) is 0 Å². The highest BCUT2D eigenvalue weighted by Crippen LogP contribution is 2.17. The third-order valence-electron chi connectivity index (χ3n) is 3.53. The van der Waals surface area contributed by atoms with E-state index in [1.165, 1.54) is 0 Å². The fraction of sp³-hybridized carbons (Fsp3) is 0.167. The first-order valence-corrected chi connectivity index (χ1v) is 7.64. The summed E-state index contributed by atoms with van der Waals surface area (Å²) >= 11 is 0. The number of hydrogen-bond donors (Lipinski definition) is 2. The molecule has 2 aromatic carbocycles. The van der Waals surface area contributed by atoms with Crippen molar-refractivity contribution in [1.29, 1.82) is 0 Å². The average molecular weight is 323 g/mol. The zero-order chi connectivity index (χ0) is 16.8. The van der Waals surface area contributed by atoms with Crippen LogP contribution in [0.1, 0.15) is 18.4 Å². The van der Waals surface area contributed by atoms with Crippen LogP contribution >= 0.6 is 0 Å². The molecule has 2 aromatic rings. The summed E-state index contributed by atoms with van der Waals surface area (Å²) < 4.78 is 5.70. The van der Waals surface area contributed by atoms with Crippen molar-refractivity contribution < 1.29 is 14.3 Å². The molecule has 1 heterocycles. The van der Waals surface area contributed by atoms with Crippen molar-refractivity contribution >= 4 is 23.2 Å². The number of nitrogens with zero attached hydrogens (tertiary/aromatic N) is 1. The quantitative estimate of drug-likeness (QED) is 0.887. The van der Waals surface area contributed by atoms with E-state index in [-0.39, 0.29) is 18.2 Å². The van der Waals surface area contributed by atoms with Crippen LogP contribution in [0.2, 0.25) is 0 Å². The number of anilines is 1. The fourth-order valence-corrected chi connectivity index (χ4v) is 2.22. The highest BCUT2D eigenvalue weighted by Gasteiger charge is 2.18. The number of hydrazone groups is 1. The predicted octanol–water partition coefficient (Wildman–Crippen LogP) is 2.47. The topological polar surface area (TPSA) is 79.8 Å². The lowest BCUT2D eigenvalue weighted by atomic mass is 10.1. The first-order valence-electron chi connectivity index (χ1n) is 7.64. The van der Waals surface area contributed by atoms with Gasteiger partial charge in [-0.25, -0.2) is 5.43 Å². The first-order chi connectivity index (χ1) is 11.7. The van der Waals surface area contributed by atoms with Gasteiger partial charge in [0.1, 0.15) is 18.1 Å². The van der Waals surface area contributed by atoms with Gasteiger partial charge < -0.3 is 10.1 Å². The Labute approximate surface area is 139 Å². The molecule has 0 atom stereocenters. The summed E-state index contributed by atoms with van der Waals surface area (Å²) in [6.07, 6.45) is 0.619. The van der Waals surface area contributed by atoms with Crippen molar-refractivity contribution in [3.8, 4) is 5.75 Å². The average Bonchev–Trinajstić information content (AvgIpc) is 2.62. The Morgan fingerprint density at radius 3 is 2.50 bits per heavy atom. The highest BCUT2D eigenvalue weighted by atomic mass is 16.5. The van der Waals surface area contributed by atoms with Crippen LogP contribution in [0.5, 0.6) is 5.75 Å². The molecule has 0 saturated heterocycles. The second-order valence-corrected chi connectivity index (χ2v) is 5.35. The van der Waals surface area contributed by atoms with E-state index in [9.17, 15) is 9.59 Å². The molecular formula is C18H17N3O3. The number of nitrogens with one attached hydrogen (secondary N) is 2. The minimum absolute atomic E-state index is 0.175. The molecule has 0 bridgehead atoms. The summed E-state index contributed by atoms with van der Waals surface area (Å²) in [6, 6.07) is 17.0. The summed E-state index contributed by atoms with van der Waals surface area (Å²) in [6.45, 7) is 0.489. The Morgan fingerprint density at radius 1 is 1.08 bits per heavy atom. The Kier molecular flexibility index (Phi) is 4.86. The molecule has 122 valence electrons. The second kappa shape index (κ2) is 7.41. The van der Waals surface area contributed by atoms with Gasteiger partial charge in [-0.05, 0) is 29.8 Å². The van der Waals surface area contributed by atoms with Crippen LogP contribution in [0.3, 0.4) is 0 Å². The third-order valence-corrected chi connectivity index (χ3v) is 3.53. The molecule has 0 aromatic heterocycles. The Morgan fingerprint density at radius 2 is 1.83 bits per heavy atom. The smallest absolute Gasteiger partial charge is 0.271 e. The molecule has 1 aliphatic heterocycles. The third kappa shape index (κ3) is 4.19. The lowest BCUT2D eigenvalue weighted by Gasteiger charge is -2.12. The molecule has 3 rings (SSSR count). The van der Waals surface area contributed by atoms with Gasteiger partial charge in [-0.1, -0.05) is 30.3 Å². The molecule has 0 spiro atoms. The summed E-state index contributed by atoms with van der Waals surface area (Å²) in [5.74, 6) is 0.235. The molecule has 0 radical (unpaired) electrons. The van der Waals surface area contributed by atoms with Crippen LogP contribution in [0, 0.1) is 0 Å². The molecule has 6 nitrogen and oxygen atoms in total. The minimum atomic E-state index is -0.312. The maximum Gasteiger partial charge on any atom is 0.271 e. The van der Waals surface area contributed by atoms with Crippen molar-refractivity contribution in [3.05, 3.63) is 60.2 Å². The molecule has 24 heavy (non-hydrogen) atoms. The molecule has 0 aliphatic carbocycles. The number of amides is 2. The van der Waals surface area contributed by atoms with Gasteiger partial charge in [-0.15, -0.1) is 0 Å². The van der Waals surface area contributed by atoms with Gasteiger partial charge >= 0.3 is 0 Å². The Balaban J connectivity index is 1.54. The molecule has 2 amide bonds. The molecule has 1 aliphatic rings. The largest absolute Gasteiger partial charge is 0.489 e. The van der Waals surface area contributed by atoms with Gasteiger partial charge in [0.2, 0.25) is 5.91 Å². The lowest BCUT2D eigenvalue weighted by Crippen LogP contribution is -2.32. The molecule has 2 N–H and O–H groups in total. The fourth-order valence-electron chi connectivity index (χ4n) is 2.22. The predicted molar refractivity (Wildman–Crippen MR) is 90.7 cm³/mol. The van der Waals surface area contributed by atoms with E-state index < -0.39 is 0 Å². The molecule has 0 fully saturated rings. The number of carbonyl (C=O) groups excluding carboxylic acids is 2. The normalized spacial score (nSPS) is 13.7. The van der Waals surface area contributed by atoms with Crippen LogP contribution in [-0.2, 0) is 16.2 Å². The zero-order valence-corrected chi connectivity index (χ0v) is 13.0. The number of ether oxygens (including phenoxy) is 1. The van der Waals surface area contributed by atoms with Crippen LogP contribution in [0.15, 0.2) is 59.7 Å². The van der Waals surface area contributed by atoms with Crippen LogP contribution < -0.4 is 15.5 Å². The maximum absolute atomic E-state index is 12.0. The van der Waals surface area contributed by atoms with Crippen molar-refractivity contribution in [2.24, 2.45) is 5.10 Å². The summed E-state index contributed by atoms with van der Waals surface area (Å²) in [4.78, 5) is 23.1. The van der Waals surface area contributed by atoms with Gasteiger partial charge in [0, 0.05) is 18.5 Å². The summed E-state index contributed by atoms with van der Waals surface area (Å²) in [7, 11) is 0. The molecule has 0 unspecified atom stereocenters. The van der Waals surface area contributed by atoms with Gasteiger partial charge in [-0.3, -0.25) is 9.59 Å². The van der Waals surface area contributed by atoms with E-state index in [4.69, 9.17) is 4.74 Å². The Bertz CT molecular complexity index is 755. The SMILES string of the molecule is O=C1CCC(C(=O)Nc2ccc(OCc3ccccc3)cc2)=NN1. The van der Waals surface area contributed by atoms with E-state index in [2.05, 4.69) is 15.8 Å². The van der Waals surface area contributed by atoms with Crippen LogP contribution in [0.25, 0.3) is 0 Å². The highest BCUT2D eigenvalue weighted by molar-refractivity contribution is 6.43. The van der Waals surface area contributed by atoms with Gasteiger partial charge in [0.25, 0.3) is 5.91 Å².